The molecule has 114 valence electrons. The van der Waals surface area contributed by atoms with E-state index in [9.17, 15) is 12.8 Å². The summed E-state index contributed by atoms with van der Waals surface area (Å²) in [5, 5.41) is 0. The van der Waals surface area contributed by atoms with E-state index in [-0.39, 0.29) is 10.9 Å². The van der Waals surface area contributed by atoms with Gasteiger partial charge in [0.05, 0.1) is 11.2 Å². The minimum Gasteiger partial charge on any atom is -0.469 e. The van der Waals surface area contributed by atoms with Crippen LogP contribution in [0, 0.1) is 5.82 Å². The fourth-order valence-corrected chi connectivity index (χ4v) is 3.39. The van der Waals surface area contributed by atoms with E-state index in [0.29, 0.717) is 12.8 Å². The average molecular weight is 311 g/mol. The van der Waals surface area contributed by atoms with Crippen molar-refractivity contribution in [3.8, 4) is 0 Å². The molecule has 0 radical (unpaired) electrons. The van der Waals surface area contributed by atoms with Gasteiger partial charge in [0.25, 0.3) is 0 Å². The highest BCUT2D eigenvalue weighted by atomic mass is 32.2. The van der Waals surface area contributed by atoms with Crippen molar-refractivity contribution >= 4 is 10.0 Å². The van der Waals surface area contributed by atoms with E-state index in [1.54, 1.807) is 12.3 Å². The standard InChI is InChI=1S/C15H18FNO3S/c1-12(5-8-14-4-3-11-20-14)17(2)21(18,19)15-9-6-13(16)7-10-15/h3-4,6-7,9-12H,5,8H2,1-2H3. The molecule has 0 bridgehead atoms. The van der Waals surface area contributed by atoms with Gasteiger partial charge in [-0.1, -0.05) is 0 Å². The molecule has 2 rings (SSSR count). The van der Waals surface area contributed by atoms with Crippen molar-refractivity contribution in [2.45, 2.75) is 30.7 Å². The van der Waals surface area contributed by atoms with Crippen molar-refractivity contribution in [1.82, 2.24) is 4.31 Å². The van der Waals surface area contributed by atoms with E-state index in [1.165, 1.54) is 23.5 Å². The van der Waals surface area contributed by atoms with Gasteiger partial charge in [-0.05, 0) is 49.7 Å². The van der Waals surface area contributed by atoms with Crippen LogP contribution in [0.2, 0.25) is 0 Å². The molecular formula is C15H18FNO3S. The number of benzene rings is 1. The summed E-state index contributed by atoms with van der Waals surface area (Å²) in [6.07, 6.45) is 2.90. The number of rotatable bonds is 6. The van der Waals surface area contributed by atoms with Crippen molar-refractivity contribution < 1.29 is 17.2 Å². The molecule has 6 heteroatoms. The number of sulfonamides is 1. The Hall–Kier alpha value is -1.66. The summed E-state index contributed by atoms with van der Waals surface area (Å²) < 4.78 is 44.3. The van der Waals surface area contributed by atoms with Crippen molar-refractivity contribution in [2.24, 2.45) is 0 Å². The maximum Gasteiger partial charge on any atom is 0.243 e. The SMILES string of the molecule is CC(CCc1ccco1)N(C)S(=O)(=O)c1ccc(F)cc1. The van der Waals surface area contributed by atoms with Gasteiger partial charge >= 0.3 is 0 Å². The molecule has 0 aliphatic carbocycles. The lowest BCUT2D eigenvalue weighted by molar-refractivity contribution is 0.361. The first-order valence-electron chi connectivity index (χ1n) is 6.67. The maximum absolute atomic E-state index is 12.9. The Morgan fingerprint density at radius 2 is 1.90 bits per heavy atom. The lowest BCUT2D eigenvalue weighted by Crippen LogP contribution is -2.35. The van der Waals surface area contributed by atoms with Gasteiger partial charge in [-0.3, -0.25) is 0 Å². The van der Waals surface area contributed by atoms with Crippen LogP contribution >= 0.6 is 0 Å². The second-order valence-corrected chi connectivity index (χ2v) is 6.94. The van der Waals surface area contributed by atoms with Crippen LogP contribution in [0.3, 0.4) is 0 Å². The van der Waals surface area contributed by atoms with Crippen LogP contribution in [0.15, 0.2) is 52.0 Å². The third kappa shape index (κ3) is 3.71. The molecule has 4 nitrogen and oxygen atoms in total. The molecule has 0 spiro atoms. The first-order valence-corrected chi connectivity index (χ1v) is 8.11. The minimum absolute atomic E-state index is 0.0937. The first kappa shape index (κ1) is 15.7. The topological polar surface area (TPSA) is 50.5 Å². The zero-order chi connectivity index (χ0) is 15.5. The Labute approximate surface area is 124 Å². The molecule has 0 aliphatic heterocycles. The predicted molar refractivity (Wildman–Crippen MR) is 77.8 cm³/mol. The fraction of sp³-hybridized carbons (Fsp3) is 0.333. The Morgan fingerprint density at radius 1 is 1.24 bits per heavy atom. The Morgan fingerprint density at radius 3 is 2.48 bits per heavy atom. The molecule has 0 fully saturated rings. The molecule has 0 aliphatic rings. The van der Waals surface area contributed by atoms with Crippen LogP contribution in [0.25, 0.3) is 0 Å². The van der Waals surface area contributed by atoms with E-state index in [0.717, 1.165) is 17.9 Å². The van der Waals surface area contributed by atoms with E-state index < -0.39 is 15.8 Å². The summed E-state index contributed by atoms with van der Waals surface area (Å²) in [7, 11) is -2.08. The van der Waals surface area contributed by atoms with E-state index in [1.807, 2.05) is 13.0 Å². The molecular weight excluding hydrogens is 293 g/mol. The smallest absolute Gasteiger partial charge is 0.243 e. The second-order valence-electron chi connectivity index (χ2n) is 4.94. The molecule has 1 unspecified atom stereocenters. The van der Waals surface area contributed by atoms with Crippen LogP contribution in [-0.2, 0) is 16.4 Å². The van der Waals surface area contributed by atoms with Gasteiger partial charge in [-0.15, -0.1) is 0 Å². The van der Waals surface area contributed by atoms with Crippen LogP contribution in [-0.4, -0.2) is 25.8 Å². The normalized spacial score (nSPS) is 13.5. The molecule has 1 aromatic heterocycles. The predicted octanol–water partition coefficient (Wildman–Crippen LogP) is 3.06. The largest absolute Gasteiger partial charge is 0.469 e. The van der Waals surface area contributed by atoms with Crippen molar-refractivity contribution in [3.63, 3.8) is 0 Å². The van der Waals surface area contributed by atoms with Crippen LogP contribution in [0.1, 0.15) is 19.1 Å². The van der Waals surface area contributed by atoms with Gasteiger partial charge in [0.15, 0.2) is 0 Å². The summed E-state index contributed by atoms with van der Waals surface area (Å²) in [4.78, 5) is 0.0937. The molecule has 0 saturated carbocycles. The highest BCUT2D eigenvalue weighted by molar-refractivity contribution is 7.89. The van der Waals surface area contributed by atoms with Crippen LogP contribution < -0.4 is 0 Å². The zero-order valence-corrected chi connectivity index (χ0v) is 12.8. The number of furan rings is 1. The van der Waals surface area contributed by atoms with Crippen molar-refractivity contribution in [2.75, 3.05) is 7.05 Å². The molecule has 21 heavy (non-hydrogen) atoms. The number of nitrogens with zero attached hydrogens (tertiary/aromatic N) is 1. The third-order valence-corrected chi connectivity index (χ3v) is 5.49. The van der Waals surface area contributed by atoms with Gasteiger partial charge in [-0.25, -0.2) is 12.8 Å². The fourth-order valence-electron chi connectivity index (χ4n) is 2.00. The molecule has 0 saturated heterocycles. The number of halogens is 1. The minimum atomic E-state index is -3.61. The highest BCUT2D eigenvalue weighted by Crippen LogP contribution is 2.19. The molecule has 1 heterocycles. The second kappa shape index (κ2) is 6.41. The van der Waals surface area contributed by atoms with Crippen LogP contribution in [0.4, 0.5) is 4.39 Å². The van der Waals surface area contributed by atoms with Gasteiger partial charge in [0, 0.05) is 19.5 Å². The molecule has 0 N–H and O–H groups in total. The van der Waals surface area contributed by atoms with Gasteiger partial charge in [0.2, 0.25) is 10.0 Å². The summed E-state index contributed by atoms with van der Waals surface area (Å²) in [6, 6.07) is 8.33. The Balaban J connectivity index is 2.06. The lowest BCUT2D eigenvalue weighted by Gasteiger charge is -2.24. The lowest BCUT2D eigenvalue weighted by atomic mass is 10.1. The number of aryl methyl sites for hydroxylation is 1. The van der Waals surface area contributed by atoms with Gasteiger partial charge < -0.3 is 4.42 Å². The zero-order valence-electron chi connectivity index (χ0n) is 12.0. The third-order valence-electron chi connectivity index (χ3n) is 3.50. The Kier molecular flexibility index (Phi) is 4.80. The van der Waals surface area contributed by atoms with E-state index in [4.69, 9.17) is 4.42 Å². The number of hydrogen-bond donors (Lipinski definition) is 0. The van der Waals surface area contributed by atoms with Crippen molar-refractivity contribution in [3.05, 3.63) is 54.2 Å². The first-order chi connectivity index (χ1) is 9.91. The molecule has 0 amide bonds. The molecule has 2 aromatic rings. The van der Waals surface area contributed by atoms with Crippen LogP contribution in [0.5, 0.6) is 0 Å². The number of hydrogen-bond acceptors (Lipinski definition) is 3. The summed E-state index contributed by atoms with van der Waals surface area (Å²) in [6.45, 7) is 1.84. The highest BCUT2D eigenvalue weighted by Gasteiger charge is 2.25. The van der Waals surface area contributed by atoms with Crippen molar-refractivity contribution in [1.29, 1.82) is 0 Å². The average Bonchev–Trinajstić information content (AvgIpc) is 2.97. The maximum atomic E-state index is 12.9. The summed E-state index contributed by atoms with van der Waals surface area (Å²) in [5.74, 6) is 0.372. The van der Waals surface area contributed by atoms with Gasteiger partial charge in [-0.2, -0.15) is 4.31 Å². The monoisotopic (exact) mass is 311 g/mol. The van der Waals surface area contributed by atoms with Gasteiger partial charge in [0.1, 0.15) is 11.6 Å². The summed E-state index contributed by atoms with van der Waals surface area (Å²) in [5.41, 5.74) is 0. The quantitative estimate of drug-likeness (QED) is 0.824. The Bertz CT molecular complexity index is 665. The van der Waals surface area contributed by atoms with E-state index >= 15 is 0 Å². The molecule has 1 atom stereocenters. The summed E-state index contributed by atoms with van der Waals surface area (Å²) >= 11 is 0. The van der Waals surface area contributed by atoms with E-state index in [2.05, 4.69) is 0 Å². The molecule has 1 aromatic carbocycles.